The second-order valence-corrected chi connectivity index (χ2v) is 5.36. The van der Waals surface area contributed by atoms with Crippen molar-refractivity contribution in [1.29, 1.82) is 0 Å². The summed E-state index contributed by atoms with van der Waals surface area (Å²) in [6.45, 7) is 1.09. The van der Waals surface area contributed by atoms with Gasteiger partial charge in [-0.3, -0.25) is 4.79 Å². The van der Waals surface area contributed by atoms with Crippen LogP contribution in [-0.2, 0) is 11.3 Å². The van der Waals surface area contributed by atoms with E-state index in [4.69, 9.17) is 16.7 Å². The van der Waals surface area contributed by atoms with Crippen molar-refractivity contribution in [3.8, 4) is 0 Å². The van der Waals surface area contributed by atoms with Crippen molar-refractivity contribution in [1.82, 2.24) is 5.32 Å². The van der Waals surface area contributed by atoms with Gasteiger partial charge in [0, 0.05) is 6.54 Å². The van der Waals surface area contributed by atoms with Crippen LogP contribution in [-0.4, -0.2) is 17.6 Å². The Bertz CT molecular complexity index is 467. The Hall–Kier alpha value is -1.13. The molecule has 3 nitrogen and oxygen atoms in total. The maximum Gasteiger partial charge on any atom is 0.306 e. The maximum atomic E-state index is 13.2. The van der Waals surface area contributed by atoms with Gasteiger partial charge in [0.2, 0.25) is 0 Å². The van der Waals surface area contributed by atoms with Crippen LogP contribution in [0.5, 0.6) is 0 Å². The topological polar surface area (TPSA) is 49.3 Å². The molecule has 1 fully saturated rings. The Kier molecular flexibility index (Phi) is 4.77. The zero-order valence-electron chi connectivity index (χ0n) is 10.5. The van der Waals surface area contributed by atoms with Crippen molar-refractivity contribution in [2.45, 2.75) is 25.8 Å². The molecule has 2 unspecified atom stereocenters. The zero-order chi connectivity index (χ0) is 13.8. The number of rotatable bonds is 5. The molecule has 1 aliphatic rings. The number of hydrogen-bond donors (Lipinski definition) is 2. The summed E-state index contributed by atoms with van der Waals surface area (Å²) in [4.78, 5) is 11.0. The van der Waals surface area contributed by atoms with Gasteiger partial charge in [-0.15, -0.1) is 0 Å². The van der Waals surface area contributed by atoms with E-state index in [-0.39, 0.29) is 16.9 Å². The summed E-state index contributed by atoms with van der Waals surface area (Å²) in [6, 6.07) is 4.71. The first kappa shape index (κ1) is 14.3. The predicted octanol–water partition coefficient (Wildman–Crippen LogP) is 3.07. The van der Waals surface area contributed by atoms with Crippen LogP contribution in [0.4, 0.5) is 4.39 Å². The first-order valence-electron chi connectivity index (χ1n) is 6.46. The van der Waals surface area contributed by atoms with E-state index in [1.54, 1.807) is 12.1 Å². The molecule has 0 radical (unpaired) electrons. The summed E-state index contributed by atoms with van der Waals surface area (Å²) in [7, 11) is 0. The average molecular weight is 286 g/mol. The van der Waals surface area contributed by atoms with Crippen LogP contribution in [0.15, 0.2) is 18.2 Å². The summed E-state index contributed by atoms with van der Waals surface area (Å²) in [5.74, 6) is -1.24. The van der Waals surface area contributed by atoms with Crippen molar-refractivity contribution in [3.05, 3.63) is 34.6 Å². The molecule has 104 valence electrons. The lowest BCUT2D eigenvalue weighted by Crippen LogP contribution is -2.28. The summed E-state index contributed by atoms with van der Waals surface area (Å²) >= 11 is 5.86. The number of halogens is 2. The molecule has 0 amide bonds. The zero-order valence-corrected chi connectivity index (χ0v) is 11.3. The van der Waals surface area contributed by atoms with E-state index in [1.807, 2.05) is 0 Å². The van der Waals surface area contributed by atoms with Crippen LogP contribution in [0, 0.1) is 17.7 Å². The average Bonchev–Trinajstić information content (AvgIpc) is 2.83. The van der Waals surface area contributed by atoms with E-state index in [0.29, 0.717) is 18.7 Å². The Labute approximate surface area is 116 Å². The summed E-state index contributed by atoms with van der Waals surface area (Å²) < 4.78 is 13.2. The molecule has 0 spiro atoms. The first-order valence-corrected chi connectivity index (χ1v) is 6.84. The fourth-order valence-corrected chi connectivity index (χ4v) is 2.88. The maximum absolute atomic E-state index is 13.2. The van der Waals surface area contributed by atoms with E-state index in [0.717, 1.165) is 19.3 Å². The van der Waals surface area contributed by atoms with E-state index in [2.05, 4.69) is 5.32 Å². The molecule has 2 rings (SSSR count). The van der Waals surface area contributed by atoms with Crippen LogP contribution in [0.25, 0.3) is 0 Å². The number of benzene rings is 1. The molecule has 0 aromatic heterocycles. The third-order valence-electron chi connectivity index (χ3n) is 3.73. The second-order valence-electron chi connectivity index (χ2n) is 4.98. The third-order valence-corrected chi connectivity index (χ3v) is 4.15. The van der Waals surface area contributed by atoms with Gasteiger partial charge in [0.15, 0.2) is 0 Å². The largest absolute Gasteiger partial charge is 0.481 e. The number of carboxylic acids is 1. The third kappa shape index (κ3) is 3.45. The van der Waals surface area contributed by atoms with Gasteiger partial charge >= 0.3 is 5.97 Å². The molecular formula is C14H17ClFNO2. The van der Waals surface area contributed by atoms with Crippen LogP contribution in [0.1, 0.15) is 24.8 Å². The molecule has 1 aromatic carbocycles. The molecule has 1 aromatic rings. The Morgan fingerprint density at radius 1 is 1.47 bits per heavy atom. The smallest absolute Gasteiger partial charge is 0.306 e. The van der Waals surface area contributed by atoms with E-state index >= 15 is 0 Å². The highest BCUT2D eigenvalue weighted by Crippen LogP contribution is 2.31. The fraction of sp³-hybridized carbons (Fsp3) is 0.500. The van der Waals surface area contributed by atoms with Crippen LogP contribution >= 0.6 is 11.6 Å². The number of hydrogen-bond acceptors (Lipinski definition) is 2. The van der Waals surface area contributed by atoms with Gasteiger partial charge in [-0.05, 0) is 36.9 Å². The van der Waals surface area contributed by atoms with Crippen molar-refractivity contribution in [3.63, 3.8) is 0 Å². The molecule has 0 saturated heterocycles. The number of aliphatic carboxylic acids is 1. The van der Waals surface area contributed by atoms with E-state index in [9.17, 15) is 9.18 Å². The van der Waals surface area contributed by atoms with Gasteiger partial charge in [0.25, 0.3) is 0 Å². The molecule has 2 atom stereocenters. The molecule has 19 heavy (non-hydrogen) atoms. The Morgan fingerprint density at radius 3 is 3.00 bits per heavy atom. The molecule has 1 saturated carbocycles. The molecule has 2 N–H and O–H groups in total. The lowest BCUT2D eigenvalue weighted by molar-refractivity contribution is -0.142. The number of carbonyl (C=O) groups is 1. The summed E-state index contributed by atoms with van der Waals surface area (Å²) in [5.41, 5.74) is 0.700. The Morgan fingerprint density at radius 2 is 2.26 bits per heavy atom. The minimum atomic E-state index is -0.715. The molecule has 5 heteroatoms. The fourth-order valence-electron chi connectivity index (χ4n) is 2.68. The first-order chi connectivity index (χ1) is 9.09. The van der Waals surface area contributed by atoms with Crippen LogP contribution in [0.3, 0.4) is 0 Å². The van der Waals surface area contributed by atoms with Gasteiger partial charge in [-0.25, -0.2) is 4.39 Å². The molecule has 0 aliphatic heterocycles. The van der Waals surface area contributed by atoms with Crippen molar-refractivity contribution < 1.29 is 14.3 Å². The highest BCUT2D eigenvalue weighted by atomic mass is 35.5. The van der Waals surface area contributed by atoms with Crippen molar-refractivity contribution >= 4 is 17.6 Å². The highest BCUT2D eigenvalue weighted by Gasteiger charge is 2.32. The summed E-state index contributed by atoms with van der Waals surface area (Å²) in [5, 5.41) is 12.4. The lowest BCUT2D eigenvalue weighted by atomic mass is 9.96. The minimum absolute atomic E-state index is 0.135. The highest BCUT2D eigenvalue weighted by molar-refractivity contribution is 6.31. The normalized spacial score (nSPS) is 22.6. The van der Waals surface area contributed by atoms with Gasteiger partial charge in [-0.1, -0.05) is 30.2 Å². The quantitative estimate of drug-likeness (QED) is 0.874. The van der Waals surface area contributed by atoms with Crippen LogP contribution in [0.2, 0.25) is 5.02 Å². The minimum Gasteiger partial charge on any atom is -0.481 e. The SMILES string of the molecule is O=C(O)C1CCCC1CNCc1cccc(F)c1Cl. The van der Waals surface area contributed by atoms with Crippen molar-refractivity contribution in [2.24, 2.45) is 11.8 Å². The number of nitrogens with one attached hydrogen (secondary N) is 1. The van der Waals surface area contributed by atoms with Gasteiger partial charge in [-0.2, -0.15) is 0 Å². The summed E-state index contributed by atoms with van der Waals surface area (Å²) in [6.07, 6.45) is 2.65. The number of carboxylic acid groups (broad SMARTS) is 1. The lowest BCUT2D eigenvalue weighted by Gasteiger charge is -2.16. The van der Waals surface area contributed by atoms with Crippen molar-refractivity contribution in [2.75, 3.05) is 6.54 Å². The second kappa shape index (κ2) is 6.35. The molecule has 1 aliphatic carbocycles. The standard InChI is InChI=1S/C14H17ClFNO2/c15-13-10(4-2-6-12(13)16)8-17-7-9-3-1-5-11(9)14(18)19/h2,4,6,9,11,17H,1,3,5,7-8H2,(H,18,19). The monoisotopic (exact) mass is 285 g/mol. The molecular weight excluding hydrogens is 269 g/mol. The van der Waals surface area contributed by atoms with E-state index < -0.39 is 11.8 Å². The van der Waals surface area contributed by atoms with Gasteiger partial charge in [0.05, 0.1) is 10.9 Å². The molecule has 0 bridgehead atoms. The van der Waals surface area contributed by atoms with Gasteiger partial charge < -0.3 is 10.4 Å². The van der Waals surface area contributed by atoms with E-state index in [1.165, 1.54) is 6.07 Å². The Balaban J connectivity index is 1.86. The van der Waals surface area contributed by atoms with Gasteiger partial charge in [0.1, 0.15) is 5.82 Å². The molecule has 0 heterocycles. The predicted molar refractivity (Wildman–Crippen MR) is 71.6 cm³/mol. The van der Waals surface area contributed by atoms with Crippen LogP contribution < -0.4 is 5.32 Å².